The van der Waals surface area contributed by atoms with E-state index in [9.17, 15) is 0 Å². The van der Waals surface area contributed by atoms with Crippen molar-refractivity contribution in [3.05, 3.63) is 200 Å². The Kier molecular flexibility index (Phi) is 8.05. The maximum Gasteiger partial charge on any atom is 0.0542 e. The Morgan fingerprint density at radius 3 is 1.51 bits per heavy atom. The second kappa shape index (κ2) is 13.2. The molecule has 0 fully saturated rings. The van der Waals surface area contributed by atoms with Crippen molar-refractivity contribution in [3.63, 3.8) is 0 Å². The molecule has 256 valence electrons. The summed E-state index contributed by atoms with van der Waals surface area (Å²) < 4.78 is 2.40. The summed E-state index contributed by atoms with van der Waals surface area (Å²) in [5.41, 5.74) is 11.6. The molecule has 1 aromatic heterocycles. The number of benzene rings is 8. The van der Waals surface area contributed by atoms with Gasteiger partial charge in [0.05, 0.1) is 16.7 Å². The van der Waals surface area contributed by atoms with Gasteiger partial charge >= 0.3 is 0 Å². The van der Waals surface area contributed by atoms with Gasteiger partial charge in [-0.25, -0.2) is 0 Å². The highest BCUT2D eigenvalue weighted by molar-refractivity contribution is 6.11. The first-order valence-corrected chi connectivity index (χ1v) is 18.4. The van der Waals surface area contributed by atoms with Gasteiger partial charge in [0.2, 0.25) is 0 Å². The van der Waals surface area contributed by atoms with E-state index in [1.54, 1.807) is 0 Å². The minimum Gasteiger partial charge on any atom is -0.311 e. The fourth-order valence-corrected chi connectivity index (χ4v) is 7.65. The maximum absolute atomic E-state index is 2.42. The van der Waals surface area contributed by atoms with Crippen molar-refractivity contribution in [2.45, 2.75) is 26.2 Å². The molecule has 0 radical (unpaired) electrons. The lowest BCUT2D eigenvalue weighted by Gasteiger charge is -2.29. The van der Waals surface area contributed by atoms with Gasteiger partial charge in [-0.2, -0.15) is 0 Å². The number of anilines is 6. The standard InChI is InChI=1S/C50H41N3/c1-50(2,3)37-26-32-48-45(34-37)46-35-43(31-33-49(46)53(48)40-22-11-6-12-23-40)52(47-25-15-17-36-16-13-14-24-44(36)47)42-29-27-41(28-30-42)51(38-18-7-4-8-19-38)39-20-9-5-10-21-39/h4-35H,1-3H3. The first-order valence-electron chi connectivity index (χ1n) is 18.4. The molecule has 1 heterocycles. The summed E-state index contributed by atoms with van der Waals surface area (Å²) >= 11 is 0. The van der Waals surface area contributed by atoms with Crippen LogP contribution in [-0.4, -0.2) is 4.57 Å². The predicted molar refractivity (Wildman–Crippen MR) is 226 cm³/mol. The third-order valence-corrected chi connectivity index (χ3v) is 10.3. The van der Waals surface area contributed by atoms with Crippen LogP contribution in [0.25, 0.3) is 38.3 Å². The molecular formula is C50H41N3. The van der Waals surface area contributed by atoms with Crippen molar-refractivity contribution in [2.24, 2.45) is 0 Å². The minimum atomic E-state index is 0.0249. The lowest BCUT2D eigenvalue weighted by atomic mass is 9.86. The highest BCUT2D eigenvalue weighted by Crippen LogP contribution is 2.44. The average molecular weight is 684 g/mol. The fraction of sp³-hybridized carbons (Fsp3) is 0.0800. The van der Waals surface area contributed by atoms with Crippen LogP contribution < -0.4 is 9.80 Å². The van der Waals surface area contributed by atoms with Crippen LogP contribution in [0.3, 0.4) is 0 Å². The number of para-hydroxylation sites is 3. The molecule has 3 nitrogen and oxygen atoms in total. The number of hydrogen-bond donors (Lipinski definition) is 0. The molecule has 0 N–H and O–H groups in total. The summed E-state index contributed by atoms with van der Waals surface area (Å²) in [4.78, 5) is 4.73. The second-order valence-corrected chi connectivity index (χ2v) is 14.7. The van der Waals surface area contributed by atoms with Crippen LogP contribution in [0, 0.1) is 0 Å². The zero-order chi connectivity index (χ0) is 35.9. The van der Waals surface area contributed by atoms with E-state index in [0.717, 1.165) is 39.8 Å². The maximum atomic E-state index is 2.42. The molecule has 9 rings (SSSR count). The van der Waals surface area contributed by atoms with Gasteiger partial charge in [0, 0.05) is 50.3 Å². The van der Waals surface area contributed by atoms with Crippen molar-refractivity contribution in [3.8, 4) is 5.69 Å². The van der Waals surface area contributed by atoms with Crippen LogP contribution in [0.2, 0.25) is 0 Å². The van der Waals surface area contributed by atoms with E-state index in [2.05, 4.69) is 229 Å². The van der Waals surface area contributed by atoms with Crippen LogP contribution in [-0.2, 0) is 5.41 Å². The van der Waals surface area contributed by atoms with Gasteiger partial charge in [-0.1, -0.05) is 118 Å². The molecule has 0 atom stereocenters. The van der Waals surface area contributed by atoms with Crippen molar-refractivity contribution >= 4 is 66.7 Å². The van der Waals surface area contributed by atoms with Crippen molar-refractivity contribution < 1.29 is 0 Å². The monoisotopic (exact) mass is 683 g/mol. The van der Waals surface area contributed by atoms with Gasteiger partial charge < -0.3 is 14.4 Å². The molecule has 0 saturated carbocycles. The molecule has 0 aliphatic carbocycles. The number of rotatable bonds is 7. The van der Waals surface area contributed by atoms with Crippen molar-refractivity contribution in [1.29, 1.82) is 0 Å². The Morgan fingerprint density at radius 1 is 0.377 bits per heavy atom. The first-order chi connectivity index (χ1) is 25.9. The van der Waals surface area contributed by atoms with Crippen LogP contribution in [0.1, 0.15) is 26.3 Å². The van der Waals surface area contributed by atoms with Gasteiger partial charge in [-0.3, -0.25) is 0 Å². The van der Waals surface area contributed by atoms with E-state index in [1.807, 2.05) is 0 Å². The topological polar surface area (TPSA) is 11.4 Å². The molecule has 0 unspecified atom stereocenters. The number of nitrogens with zero attached hydrogens (tertiary/aromatic N) is 3. The van der Waals surface area contributed by atoms with Gasteiger partial charge in [0.25, 0.3) is 0 Å². The molecule has 53 heavy (non-hydrogen) atoms. The Morgan fingerprint density at radius 2 is 0.868 bits per heavy atom. The zero-order valence-corrected chi connectivity index (χ0v) is 30.3. The fourth-order valence-electron chi connectivity index (χ4n) is 7.65. The zero-order valence-electron chi connectivity index (χ0n) is 30.3. The highest BCUT2D eigenvalue weighted by Gasteiger charge is 2.22. The molecule has 9 aromatic rings. The Hall–Kier alpha value is -6.58. The van der Waals surface area contributed by atoms with Gasteiger partial charge in [-0.15, -0.1) is 0 Å². The molecule has 0 amide bonds. The molecule has 0 aliphatic heterocycles. The SMILES string of the molecule is CC(C)(C)c1ccc2c(c1)c1cc(N(c3ccc(N(c4ccccc4)c4ccccc4)cc3)c3cccc4ccccc34)ccc1n2-c1ccccc1. The predicted octanol–water partition coefficient (Wildman–Crippen LogP) is 14.2. The van der Waals surface area contributed by atoms with Gasteiger partial charge in [0.1, 0.15) is 0 Å². The van der Waals surface area contributed by atoms with Crippen LogP contribution in [0.5, 0.6) is 0 Å². The minimum absolute atomic E-state index is 0.0249. The van der Waals surface area contributed by atoms with Crippen LogP contribution in [0.15, 0.2) is 194 Å². The molecule has 0 bridgehead atoms. The summed E-state index contributed by atoms with van der Waals surface area (Å²) in [6.45, 7) is 6.87. The summed E-state index contributed by atoms with van der Waals surface area (Å²) in [7, 11) is 0. The molecule has 0 spiro atoms. The molecule has 0 saturated heterocycles. The quantitative estimate of drug-likeness (QED) is 0.166. The van der Waals surface area contributed by atoms with E-state index in [0.29, 0.717) is 0 Å². The van der Waals surface area contributed by atoms with Gasteiger partial charge in [-0.05, 0) is 113 Å². The van der Waals surface area contributed by atoms with E-state index in [1.165, 1.54) is 38.1 Å². The van der Waals surface area contributed by atoms with E-state index < -0.39 is 0 Å². The van der Waals surface area contributed by atoms with E-state index in [4.69, 9.17) is 0 Å². The molecule has 0 aliphatic rings. The van der Waals surface area contributed by atoms with Crippen molar-refractivity contribution in [1.82, 2.24) is 4.57 Å². The third kappa shape index (κ3) is 5.91. The number of hydrogen-bond acceptors (Lipinski definition) is 2. The molecular weight excluding hydrogens is 643 g/mol. The smallest absolute Gasteiger partial charge is 0.0542 e. The number of fused-ring (bicyclic) bond motifs is 4. The summed E-state index contributed by atoms with van der Waals surface area (Å²) in [5.74, 6) is 0. The van der Waals surface area contributed by atoms with Crippen molar-refractivity contribution in [2.75, 3.05) is 9.80 Å². The van der Waals surface area contributed by atoms with E-state index >= 15 is 0 Å². The Balaban J connectivity index is 1.26. The van der Waals surface area contributed by atoms with E-state index in [-0.39, 0.29) is 5.41 Å². The number of aromatic nitrogens is 1. The van der Waals surface area contributed by atoms with Crippen LogP contribution in [0.4, 0.5) is 34.1 Å². The second-order valence-electron chi connectivity index (χ2n) is 14.7. The van der Waals surface area contributed by atoms with Crippen LogP contribution >= 0.6 is 0 Å². The summed E-state index contributed by atoms with van der Waals surface area (Å²) in [5, 5.41) is 4.90. The normalized spacial score (nSPS) is 11.7. The highest BCUT2D eigenvalue weighted by atomic mass is 15.2. The molecule has 3 heteroatoms. The Bertz CT molecular complexity index is 2640. The average Bonchev–Trinajstić information content (AvgIpc) is 3.53. The third-order valence-electron chi connectivity index (χ3n) is 10.3. The summed E-state index contributed by atoms with van der Waals surface area (Å²) in [6.07, 6.45) is 0. The largest absolute Gasteiger partial charge is 0.311 e. The summed E-state index contributed by atoms with van der Waals surface area (Å²) in [6, 6.07) is 70.1. The lowest BCUT2D eigenvalue weighted by Crippen LogP contribution is -2.12. The lowest BCUT2D eigenvalue weighted by molar-refractivity contribution is 0.591. The van der Waals surface area contributed by atoms with Gasteiger partial charge in [0.15, 0.2) is 0 Å². The first kappa shape index (κ1) is 32.3. The molecule has 8 aromatic carbocycles. The Labute approximate surface area is 311 Å².